The zero-order valence-electron chi connectivity index (χ0n) is 40.6. The fourth-order valence-electron chi connectivity index (χ4n) is 8.42. The van der Waals surface area contributed by atoms with Gasteiger partial charge in [0, 0.05) is 60.1 Å². The van der Waals surface area contributed by atoms with Crippen LogP contribution in [0.4, 0.5) is 20.7 Å². The lowest BCUT2D eigenvalue weighted by atomic mass is 9.96. The summed E-state index contributed by atoms with van der Waals surface area (Å²) in [5.74, 6) is -1.20. The molecule has 0 saturated heterocycles. The molecule has 8 aromatic rings. The van der Waals surface area contributed by atoms with Gasteiger partial charge in [0.05, 0.1) is 11.0 Å². The van der Waals surface area contributed by atoms with Crippen molar-refractivity contribution in [3.05, 3.63) is 178 Å². The number of aldehydes is 1. The summed E-state index contributed by atoms with van der Waals surface area (Å²) in [6, 6.07) is 35.3. The van der Waals surface area contributed by atoms with E-state index in [9.17, 15) is 23.2 Å². The van der Waals surface area contributed by atoms with Crippen LogP contribution < -0.4 is 22.5 Å². The molecule has 0 bridgehead atoms. The Labute approximate surface area is 411 Å². The zero-order chi connectivity index (χ0) is 50.8. The maximum absolute atomic E-state index is 14.3. The third-order valence-electron chi connectivity index (χ3n) is 11.7. The monoisotopic (exact) mass is 954 g/mol. The molecular formula is C56H56F2N10O3. The predicted molar refractivity (Wildman–Crippen MR) is 275 cm³/mol. The van der Waals surface area contributed by atoms with E-state index in [0.29, 0.717) is 77.5 Å². The third kappa shape index (κ3) is 11.7. The second-order valence-corrected chi connectivity index (χ2v) is 19.8. The molecule has 7 N–H and O–H groups in total. The first-order chi connectivity index (χ1) is 33.7. The van der Waals surface area contributed by atoms with E-state index in [2.05, 4.69) is 46.0 Å². The minimum absolute atomic E-state index is 0. The van der Waals surface area contributed by atoms with Crippen molar-refractivity contribution in [2.24, 2.45) is 5.73 Å². The summed E-state index contributed by atoms with van der Waals surface area (Å²) in [6.07, 6.45) is 0.673. The van der Waals surface area contributed by atoms with Crippen LogP contribution in [0.15, 0.2) is 121 Å². The second kappa shape index (κ2) is 20.1. The number of nitrogens with one attached hydrogen (secondary N) is 1. The number of hydrogen-bond acceptors (Lipinski definition) is 11. The third-order valence-corrected chi connectivity index (χ3v) is 11.7. The van der Waals surface area contributed by atoms with Crippen molar-refractivity contribution in [2.45, 2.75) is 85.3 Å². The summed E-state index contributed by atoms with van der Waals surface area (Å²) in [4.78, 5) is 59.0. The molecule has 2 aliphatic rings. The van der Waals surface area contributed by atoms with Gasteiger partial charge in [0.1, 0.15) is 23.0 Å². The Bertz CT molecular complexity index is 3290. The molecule has 13 nitrogen and oxygen atoms in total. The van der Waals surface area contributed by atoms with E-state index in [1.807, 2.05) is 87.5 Å². The first-order valence-electron chi connectivity index (χ1n) is 23.2. The fraction of sp³-hybridized carbons (Fsp3) is 0.232. The molecule has 10 rings (SSSR count). The number of halogens is 2. The average Bonchev–Trinajstić information content (AvgIpc) is 3.97. The maximum Gasteiger partial charge on any atom is 0.273 e. The number of benzene rings is 6. The van der Waals surface area contributed by atoms with E-state index in [0.717, 1.165) is 38.9 Å². The van der Waals surface area contributed by atoms with Crippen LogP contribution in [-0.4, -0.2) is 58.9 Å². The van der Waals surface area contributed by atoms with Gasteiger partial charge in [-0.05, 0) is 146 Å². The molecule has 0 unspecified atom stereocenters. The van der Waals surface area contributed by atoms with Crippen LogP contribution in [0, 0.1) is 11.6 Å². The molecule has 0 saturated carbocycles. The number of anilines is 2. The van der Waals surface area contributed by atoms with Crippen molar-refractivity contribution < 1.29 is 23.2 Å². The highest BCUT2D eigenvalue weighted by molar-refractivity contribution is 6.07. The van der Waals surface area contributed by atoms with Crippen LogP contribution in [0.2, 0.25) is 0 Å². The van der Waals surface area contributed by atoms with Gasteiger partial charge in [-0.25, -0.2) is 28.7 Å². The van der Waals surface area contributed by atoms with Crippen LogP contribution in [0.3, 0.4) is 0 Å². The molecule has 2 aliphatic heterocycles. The van der Waals surface area contributed by atoms with E-state index >= 15 is 0 Å². The Hall–Kier alpha value is -8.01. The minimum Gasteiger partial charge on any atom is -0.368 e. The first-order valence-corrected chi connectivity index (χ1v) is 23.2. The van der Waals surface area contributed by atoms with Gasteiger partial charge in [0.2, 0.25) is 11.9 Å². The average molecular weight is 955 g/mol. The van der Waals surface area contributed by atoms with Crippen LogP contribution in [0.1, 0.15) is 101 Å². The molecule has 0 fully saturated rings. The largest absolute Gasteiger partial charge is 0.368 e. The lowest BCUT2D eigenvalue weighted by Gasteiger charge is -2.22. The van der Waals surface area contributed by atoms with E-state index in [1.54, 1.807) is 34.1 Å². The number of amides is 2. The summed E-state index contributed by atoms with van der Waals surface area (Å²) in [5, 5.41) is 4.55. The van der Waals surface area contributed by atoms with E-state index < -0.39 is 5.82 Å². The molecule has 15 heteroatoms. The van der Waals surface area contributed by atoms with E-state index in [1.165, 1.54) is 30.3 Å². The second-order valence-electron chi connectivity index (χ2n) is 19.8. The number of nitrogens with two attached hydrogens (primary N) is 3. The predicted octanol–water partition coefficient (Wildman–Crippen LogP) is 9.79. The Kier molecular flexibility index (Phi) is 14.0. The summed E-state index contributed by atoms with van der Waals surface area (Å²) in [7, 11) is 0. The van der Waals surface area contributed by atoms with Gasteiger partial charge in [-0.3, -0.25) is 14.4 Å². The Morgan fingerprint density at radius 1 is 0.592 bits per heavy atom. The summed E-state index contributed by atoms with van der Waals surface area (Å²) in [6.45, 7) is 14.7. The number of carbonyl (C=O) groups is 3. The molecule has 0 aliphatic carbocycles. The molecule has 4 heterocycles. The maximum atomic E-state index is 14.3. The summed E-state index contributed by atoms with van der Waals surface area (Å²) < 4.78 is 28.2. The van der Waals surface area contributed by atoms with Crippen molar-refractivity contribution in [1.29, 1.82) is 0 Å². The van der Waals surface area contributed by atoms with Crippen LogP contribution in [-0.2, 0) is 32.7 Å². The van der Waals surface area contributed by atoms with Crippen molar-refractivity contribution in [1.82, 2.24) is 35.1 Å². The fourth-order valence-corrected chi connectivity index (χ4v) is 8.42. The highest BCUT2D eigenvalue weighted by atomic mass is 19.1. The first kappa shape index (κ1) is 49.4. The molecule has 2 aromatic heterocycles. The van der Waals surface area contributed by atoms with E-state index in [-0.39, 0.29) is 52.0 Å². The van der Waals surface area contributed by atoms with Gasteiger partial charge in [0.25, 0.3) is 11.8 Å². The number of hydrogen-bond donors (Lipinski definition) is 4. The van der Waals surface area contributed by atoms with Crippen LogP contribution in [0.25, 0.3) is 44.1 Å². The summed E-state index contributed by atoms with van der Waals surface area (Å²) in [5.41, 5.74) is 26.9. The molecular weight excluding hydrogens is 899 g/mol. The highest BCUT2D eigenvalue weighted by Crippen LogP contribution is 2.33. The molecule has 0 radical (unpaired) electrons. The lowest BCUT2D eigenvalue weighted by Crippen LogP contribution is -2.35. The quantitative estimate of drug-likeness (QED) is 0.111. The van der Waals surface area contributed by atoms with Crippen molar-refractivity contribution in [3.8, 4) is 22.3 Å². The van der Waals surface area contributed by atoms with Gasteiger partial charge in [-0.15, -0.1) is 0 Å². The minimum atomic E-state index is -0.458. The number of carbonyl (C=O) groups excluding carboxylic acids is 3. The number of nitrogen functional groups attached to an aromatic ring is 2. The van der Waals surface area contributed by atoms with Gasteiger partial charge in [0.15, 0.2) is 6.29 Å². The van der Waals surface area contributed by atoms with Gasteiger partial charge < -0.3 is 32.3 Å². The van der Waals surface area contributed by atoms with Crippen molar-refractivity contribution in [3.63, 3.8) is 0 Å². The Balaban J connectivity index is 0.000000175. The van der Waals surface area contributed by atoms with Crippen LogP contribution in [0.5, 0.6) is 0 Å². The van der Waals surface area contributed by atoms with Crippen LogP contribution >= 0.6 is 0 Å². The van der Waals surface area contributed by atoms with Gasteiger partial charge in [-0.1, -0.05) is 66.7 Å². The number of nitrogens with zero attached hydrogens (tertiary/aromatic N) is 6. The summed E-state index contributed by atoms with van der Waals surface area (Å²) >= 11 is 0. The Morgan fingerprint density at radius 3 is 1.42 bits per heavy atom. The van der Waals surface area contributed by atoms with Crippen molar-refractivity contribution >= 4 is 51.8 Å². The lowest BCUT2D eigenvalue weighted by molar-refractivity contribution is 0.0741. The molecule has 0 atom stereocenters. The van der Waals surface area contributed by atoms with Gasteiger partial charge >= 0.3 is 0 Å². The molecule has 2 amide bonds. The normalized spacial score (nSPS) is 13.0. The topological polar surface area (TPSA) is 199 Å². The molecule has 6 aromatic carbocycles. The zero-order valence-corrected chi connectivity index (χ0v) is 40.6. The molecule has 71 heavy (non-hydrogen) atoms. The van der Waals surface area contributed by atoms with Gasteiger partial charge in [-0.2, -0.15) is 0 Å². The SMILES string of the molecule is CC(C)(C)N.CC(C)(C)NCc1ccc(F)cc1-c1ccc2nc(N)nc(C(=O)N3Cc4ccccc4C3)c2c1.Nc1nc(C(=O)N2Cc3ccccc3C2)c2cc(-c3cc(F)ccc3C=O)ccc2n1. The number of fused-ring (bicyclic) bond motifs is 4. The molecule has 0 spiro atoms. The number of aromatic nitrogens is 4. The van der Waals surface area contributed by atoms with E-state index in [4.69, 9.17) is 17.2 Å². The highest BCUT2D eigenvalue weighted by Gasteiger charge is 2.29. The number of rotatable bonds is 7. The van der Waals surface area contributed by atoms with Crippen molar-refractivity contribution in [2.75, 3.05) is 11.5 Å². The Morgan fingerprint density at radius 2 is 1.00 bits per heavy atom. The standard InChI is InChI=1S/C28H28FN5O.C24H17FN4O2.C4H11N/c1-28(2,3)31-14-18-8-10-21(29)13-22(18)17-9-11-24-23(12-17)25(33-27(30)32-24)26(35)34-15-19-6-4-5-7-20(19)16-34;25-18-7-5-17(13-30)19(10-18)14-6-8-21-20(9-14)22(28-24(26)27-21)23(31)29-11-15-3-1-2-4-16(15)12-29;1-4(2,3)5/h4-13,31H,14-16H2,1-3H3,(H2,30,32,33);1-10,13H,11-12H2,(H2,26,27,28);5H2,1-3H3. The smallest absolute Gasteiger partial charge is 0.273 e. The molecule has 362 valence electrons.